The molecule has 1 saturated heterocycles. The molecule has 31 heavy (non-hydrogen) atoms. The SMILES string of the molecule is O=C(c1ccc(S(=O)(=O)c2ccc(Cl)cc2)o1)N(Cc1ccccc1)CC1CCCO1. The number of rotatable bonds is 7. The molecule has 0 radical (unpaired) electrons. The van der Waals surface area contributed by atoms with Crippen molar-refractivity contribution in [2.45, 2.75) is 35.5 Å². The molecule has 1 unspecified atom stereocenters. The van der Waals surface area contributed by atoms with Gasteiger partial charge in [-0.25, -0.2) is 8.42 Å². The number of halogens is 1. The van der Waals surface area contributed by atoms with Crippen LogP contribution in [0.4, 0.5) is 0 Å². The molecule has 1 amide bonds. The van der Waals surface area contributed by atoms with Gasteiger partial charge in [-0.15, -0.1) is 0 Å². The lowest BCUT2D eigenvalue weighted by molar-refractivity contribution is 0.0480. The Morgan fingerprint density at radius 2 is 1.77 bits per heavy atom. The van der Waals surface area contributed by atoms with Crippen molar-refractivity contribution in [1.82, 2.24) is 4.90 Å². The van der Waals surface area contributed by atoms with Crippen molar-refractivity contribution in [2.24, 2.45) is 0 Å². The molecular weight excluding hydrogens is 438 g/mol. The third kappa shape index (κ3) is 5.01. The first-order chi connectivity index (χ1) is 14.9. The van der Waals surface area contributed by atoms with E-state index in [1.165, 1.54) is 36.4 Å². The van der Waals surface area contributed by atoms with Crippen molar-refractivity contribution < 1.29 is 22.4 Å². The smallest absolute Gasteiger partial charge is 0.290 e. The molecule has 0 bridgehead atoms. The maximum Gasteiger partial charge on any atom is 0.290 e. The van der Waals surface area contributed by atoms with Crippen molar-refractivity contribution in [1.29, 1.82) is 0 Å². The molecule has 2 heterocycles. The molecule has 0 aliphatic carbocycles. The van der Waals surface area contributed by atoms with Gasteiger partial charge in [0, 0.05) is 24.7 Å². The minimum Gasteiger partial charge on any atom is -0.439 e. The zero-order chi connectivity index (χ0) is 21.8. The molecule has 1 fully saturated rings. The number of carbonyl (C=O) groups is 1. The van der Waals surface area contributed by atoms with Gasteiger partial charge in [0.05, 0.1) is 11.0 Å². The molecule has 4 rings (SSSR count). The highest BCUT2D eigenvalue weighted by Gasteiger charge is 2.28. The summed E-state index contributed by atoms with van der Waals surface area (Å²) in [5.41, 5.74) is 0.967. The number of furan rings is 1. The molecule has 3 aromatic rings. The third-order valence-electron chi connectivity index (χ3n) is 5.13. The lowest BCUT2D eigenvalue weighted by Gasteiger charge is -2.24. The number of hydrogen-bond donors (Lipinski definition) is 0. The van der Waals surface area contributed by atoms with Gasteiger partial charge in [-0.3, -0.25) is 4.79 Å². The van der Waals surface area contributed by atoms with Crippen LogP contribution in [0.5, 0.6) is 0 Å². The molecule has 0 N–H and O–H groups in total. The Balaban J connectivity index is 1.58. The van der Waals surface area contributed by atoms with Crippen molar-refractivity contribution in [2.75, 3.05) is 13.2 Å². The first-order valence-corrected chi connectivity index (χ1v) is 11.8. The van der Waals surface area contributed by atoms with E-state index in [9.17, 15) is 13.2 Å². The zero-order valence-electron chi connectivity index (χ0n) is 16.7. The Bertz CT molecular complexity index is 1140. The number of amides is 1. The Hall–Kier alpha value is -2.61. The van der Waals surface area contributed by atoms with Crippen LogP contribution in [0, 0.1) is 0 Å². The molecule has 1 atom stereocenters. The van der Waals surface area contributed by atoms with Crippen molar-refractivity contribution >= 4 is 27.3 Å². The maximum absolute atomic E-state index is 13.2. The van der Waals surface area contributed by atoms with Crippen LogP contribution in [0.25, 0.3) is 0 Å². The summed E-state index contributed by atoms with van der Waals surface area (Å²) in [6, 6.07) is 18.1. The predicted molar refractivity (Wildman–Crippen MR) is 116 cm³/mol. The third-order valence-corrected chi connectivity index (χ3v) is 7.03. The minimum atomic E-state index is -3.90. The second-order valence-electron chi connectivity index (χ2n) is 7.38. The molecule has 1 aromatic heterocycles. The van der Waals surface area contributed by atoms with Gasteiger partial charge < -0.3 is 14.1 Å². The molecule has 2 aromatic carbocycles. The standard InChI is InChI=1S/C23H22ClNO5S/c24-18-8-10-20(11-9-18)31(27,28)22-13-12-21(30-22)23(26)25(16-19-7-4-14-29-19)15-17-5-2-1-3-6-17/h1-3,5-6,8-13,19H,4,7,14-16H2. The topological polar surface area (TPSA) is 76.8 Å². The Kier molecular flexibility index (Phi) is 6.46. The molecule has 8 heteroatoms. The predicted octanol–water partition coefficient (Wildman–Crippen LogP) is 4.59. The average Bonchev–Trinajstić information content (AvgIpc) is 3.46. The molecule has 6 nitrogen and oxygen atoms in total. The highest BCUT2D eigenvalue weighted by Crippen LogP contribution is 2.25. The number of nitrogens with zero attached hydrogens (tertiary/aromatic N) is 1. The summed E-state index contributed by atoms with van der Waals surface area (Å²) >= 11 is 5.85. The van der Waals surface area contributed by atoms with E-state index in [0.29, 0.717) is 24.7 Å². The molecule has 0 spiro atoms. The van der Waals surface area contributed by atoms with E-state index in [0.717, 1.165) is 18.4 Å². The quantitative estimate of drug-likeness (QED) is 0.516. The van der Waals surface area contributed by atoms with Gasteiger partial charge in [-0.2, -0.15) is 0 Å². The summed E-state index contributed by atoms with van der Waals surface area (Å²) in [7, 11) is -3.90. The van der Waals surface area contributed by atoms with Crippen molar-refractivity contribution in [3.8, 4) is 0 Å². The van der Waals surface area contributed by atoms with Gasteiger partial charge in [0.15, 0.2) is 5.76 Å². The first kappa shape index (κ1) is 21.6. The molecule has 1 aliphatic heterocycles. The summed E-state index contributed by atoms with van der Waals surface area (Å²) in [6.07, 6.45) is 1.80. The van der Waals surface area contributed by atoms with Gasteiger partial charge in [-0.1, -0.05) is 41.9 Å². The van der Waals surface area contributed by atoms with Crippen molar-refractivity contribution in [3.63, 3.8) is 0 Å². The van der Waals surface area contributed by atoms with Gasteiger partial charge in [0.2, 0.25) is 14.9 Å². The fraction of sp³-hybridized carbons (Fsp3) is 0.261. The Morgan fingerprint density at radius 3 is 2.45 bits per heavy atom. The van der Waals surface area contributed by atoms with Crippen LogP contribution >= 0.6 is 11.6 Å². The van der Waals surface area contributed by atoms with E-state index in [4.69, 9.17) is 20.8 Å². The zero-order valence-corrected chi connectivity index (χ0v) is 18.3. The van der Waals surface area contributed by atoms with Crippen LogP contribution in [0.3, 0.4) is 0 Å². The first-order valence-electron chi connectivity index (χ1n) is 9.99. The fourth-order valence-corrected chi connectivity index (χ4v) is 4.82. The number of ether oxygens (including phenoxy) is 1. The van der Waals surface area contributed by atoms with Crippen LogP contribution < -0.4 is 0 Å². The van der Waals surface area contributed by atoms with Crippen LogP contribution in [-0.2, 0) is 21.1 Å². The van der Waals surface area contributed by atoms with Gasteiger partial charge >= 0.3 is 0 Å². The number of hydrogen-bond acceptors (Lipinski definition) is 5. The van der Waals surface area contributed by atoms with Crippen LogP contribution in [-0.4, -0.2) is 38.5 Å². The van der Waals surface area contributed by atoms with Gasteiger partial charge in [0.1, 0.15) is 0 Å². The lowest BCUT2D eigenvalue weighted by Crippen LogP contribution is -2.36. The summed E-state index contributed by atoms with van der Waals surface area (Å²) in [6.45, 7) is 1.47. The Morgan fingerprint density at radius 1 is 1.03 bits per heavy atom. The molecule has 0 saturated carbocycles. The fourth-order valence-electron chi connectivity index (χ4n) is 3.52. The number of carbonyl (C=O) groups excluding carboxylic acids is 1. The van der Waals surface area contributed by atoms with Crippen LogP contribution in [0.1, 0.15) is 29.0 Å². The van der Waals surface area contributed by atoms with E-state index in [2.05, 4.69) is 0 Å². The maximum atomic E-state index is 13.2. The summed E-state index contributed by atoms with van der Waals surface area (Å²) in [5, 5.41) is 0.148. The van der Waals surface area contributed by atoms with Crippen LogP contribution in [0.15, 0.2) is 81.1 Å². The molecular formula is C23H22ClNO5S. The minimum absolute atomic E-state index is 0.0264. The lowest BCUT2D eigenvalue weighted by atomic mass is 10.1. The van der Waals surface area contributed by atoms with Gasteiger partial charge in [-0.05, 0) is 54.8 Å². The van der Waals surface area contributed by atoms with Crippen LogP contribution in [0.2, 0.25) is 5.02 Å². The highest BCUT2D eigenvalue weighted by atomic mass is 35.5. The second-order valence-corrected chi connectivity index (χ2v) is 9.70. The van der Waals surface area contributed by atoms with E-state index in [1.54, 1.807) is 4.90 Å². The molecule has 162 valence electrons. The Labute approximate surface area is 186 Å². The molecule has 1 aliphatic rings. The van der Waals surface area contributed by atoms with Crippen molar-refractivity contribution in [3.05, 3.63) is 83.1 Å². The normalized spacial score (nSPS) is 16.4. The summed E-state index contributed by atoms with van der Waals surface area (Å²) in [4.78, 5) is 14.9. The van der Waals surface area contributed by atoms with Gasteiger partial charge in [0.25, 0.3) is 5.91 Å². The second kappa shape index (κ2) is 9.26. The van der Waals surface area contributed by atoms with E-state index >= 15 is 0 Å². The average molecular weight is 460 g/mol. The number of benzene rings is 2. The van der Waals surface area contributed by atoms with E-state index in [-0.39, 0.29) is 27.8 Å². The monoisotopic (exact) mass is 459 g/mol. The largest absolute Gasteiger partial charge is 0.439 e. The summed E-state index contributed by atoms with van der Waals surface area (Å²) < 4.78 is 36.9. The number of sulfone groups is 1. The van der Waals surface area contributed by atoms with E-state index < -0.39 is 9.84 Å². The van der Waals surface area contributed by atoms with E-state index in [1.807, 2.05) is 30.3 Å². The highest BCUT2D eigenvalue weighted by molar-refractivity contribution is 7.91. The summed E-state index contributed by atoms with van der Waals surface area (Å²) in [5.74, 6) is -0.404.